The maximum absolute atomic E-state index is 10.8. The van der Waals surface area contributed by atoms with Gasteiger partial charge in [0.2, 0.25) is 0 Å². The number of fused-ring (bicyclic) bond motifs is 1. The van der Waals surface area contributed by atoms with Gasteiger partial charge in [0.25, 0.3) is 5.69 Å². The molecule has 22 heavy (non-hydrogen) atoms. The number of nitrogens with one attached hydrogen (secondary N) is 1. The number of rotatable bonds is 5. The largest absolute Gasteiger partial charge is 0.370 e. The quantitative estimate of drug-likeness (QED) is 0.575. The third-order valence-electron chi connectivity index (χ3n) is 3.20. The summed E-state index contributed by atoms with van der Waals surface area (Å²) < 4.78 is 0. The van der Waals surface area contributed by atoms with Crippen LogP contribution in [-0.4, -0.2) is 21.4 Å². The Morgan fingerprint density at radius 3 is 2.91 bits per heavy atom. The summed E-state index contributed by atoms with van der Waals surface area (Å²) in [7, 11) is 0. The fourth-order valence-corrected chi connectivity index (χ4v) is 2.93. The van der Waals surface area contributed by atoms with Crippen molar-refractivity contribution >= 4 is 33.7 Å². The molecule has 0 amide bonds. The Bertz CT molecular complexity index is 831. The van der Waals surface area contributed by atoms with E-state index in [0.717, 1.165) is 34.7 Å². The molecule has 7 heteroatoms. The first kappa shape index (κ1) is 14.4. The van der Waals surface area contributed by atoms with Crippen LogP contribution in [0.25, 0.3) is 10.9 Å². The fourth-order valence-electron chi connectivity index (χ4n) is 2.14. The van der Waals surface area contributed by atoms with Gasteiger partial charge in [-0.3, -0.25) is 10.1 Å². The molecule has 3 rings (SSSR count). The van der Waals surface area contributed by atoms with E-state index >= 15 is 0 Å². The van der Waals surface area contributed by atoms with Crippen LogP contribution < -0.4 is 5.32 Å². The second-order valence-corrected chi connectivity index (χ2v) is 6.19. The molecule has 6 nitrogen and oxygen atoms in total. The van der Waals surface area contributed by atoms with Crippen molar-refractivity contribution in [1.82, 2.24) is 9.97 Å². The number of non-ortho nitro benzene ring substituents is 1. The monoisotopic (exact) mass is 314 g/mol. The molecule has 0 aliphatic rings. The van der Waals surface area contributed by atoms with Crippen LogP contribution in [0.1, 0.15) is 9.88 Å². The predicted octanol–water partition coefficient (Wildman–Crippen LogP) is 3.56. The molecule has 0 saturated carbocycles. The summed E-state index contributed by atoms with van der Waals surface area (Å²) in [5.74, 6) is 0.759. The molecule has 0 spiro atoms. The fraction of sp³-hybridized carbons (Fsp3) is 0.200. The lowest BCUT2D eigenvalue weighted by Crippen LogP contribution is -2.06. The first-order chi connectivity index (χ1) is 10.6. The van der Waals surface area contributed by atoms with Crippen molar-refractivity contribution in [3.63, 3.8) is 0 Å². The lowest BCUT2D eigenvalue weighted by Gasteiger charge is -2.05. The van der Waals surface area contributed by atoms with Crippen LogP contribution in [0.4, 0.5) is 11.5 Å². The first-order valence-corrected chi connectivity index (χ1v) is 7.64. The van der Waals surface area contributed by atoms with Crippen molar-refractivity contribution in [2.75, 3.05) is 11.9 Å². The Morgan fingerprint density at radius 1 is 1.32 bits per heavy atom. The molecule has 3 aromatic rings. The van der Waals surface area contributed by atoms with Crippen LogP contribution in [0, 0.1) is 17.0 Å². The van der Waals surface area contributed by atoms with E-state index in [-0.39, 0.29) is 5.69 Å². The minimum absolute atomic E-state index is 0.0779. The van der Waals surface area contributed by atoms with Gasteiger partial charge in [0.15, 0.2) is 0 Å². The van der Waals surface area contributed by atoms with Gasteiger partial charge in [-0.1, -0.05) is 0 Å². The minimum atomic E-state index is -0.401. The van der Waals surface area contributed by atoms with E-state index in [9.17, 15) is 10.1 Å². The maximum atomic E-state index is 10.8. The summed E-state index contributed by atoms with van der Waals surface area (Å²) in [6.07, 6.45) is 2.72. The molecule has 2 heterocycles. The molecule has 0 radical (unpaired) electrons. The van der Waals surface area contributed by atoms with Crippen molar-refractivity contribution in [3.05, 3.63) is 56.5 Å². The zero-order valence-electron chi connectivity index (χ0n) is 11.9. The summed E-state index contributed by atoms with van der Waals surface area (Å²) in [6, 6.07) is 8.34. The van der Waals surface area contributed by atoms with Gasteiger partial charge in [0.1, 0.15) is 5.82 Å². The van der Waals surface area contributed by atoms with E-state index in [1.165, 1.54) is 17.0 Å². The first-order valence-electron chi connectivity index (χ1n) is 6.82. The molecule has 2 aromatic heterocycles. The number of hydrogen-bond acceptors (Lipinski definition) is 6. The molecule has 0 bridgehead atoms. The average molecular weight is 314 g/mol. The average Bonchev–Trinajstić information content (AvgIpc) is 2.92. The van der Waals surface area contributed by atoms with E-state index in [1.54, 1.807) is 17.4 Å². The predicted molar refractivity (Wildman–Crippen MR) is 87.4 cm³/mol. The normalized spacial score (nSPS) is 10.8. The van der Waals surface area contributed by atoms with Crippen molar-refractivity contribution in [2.45, 2.75) is 13.3 Å². The highest BCUT2D eigenvalue weighted by Crippen LogP contribution is 2.21. The molecule has 112 valence electrons. The van der Waals surface area contributed by atoms with Crippen molar-refractivity contribution in [3.8, 4) is 0 Å². The third kappa shape index (κ3) is 3.20. The van der Waals surface area contributed by atoms with Gasteiger partial charge in [-0.2, -0.15) is 0 Å². The zero-order valence-corrected chi connectivity index (χ0v) is 12.8. The molecule has 0 fully saturated rings. The number of anilines is 1. The molecule has 1 aromatic carbocycles. The molecule has 0 aliphatic carbocycles. The summed E-state index contributed by atoms with van der Waals surface area (Å²) in [5.41, 5.74) is 0.815. The second kappa shape index (κ2) is 6.07. The Balaban J connectivity index is 1.69. The molecule has 0 atom stereocenters. The molecular weight excluding hydrogens is 300 g/mol. The number of aryl methyl sites for hydroxylation is 1. The van der Waals surface area contributed by atoms with Gasteiger partial charge in [-0.05, 0) is 25.1 Å². The number of nitrogens with zero attached hydrogens (tertiary/aromatic N) is 3. The van der Waals surface area contributed by atoms with E-state index in [1.807, 2.05) is 25.3 Å². The Labute approximate surface area is 131 Å². The molecule has 1 N–H and O–H groups in total. The number of thiazole rings is 1. The number of pyridine rings is 1. The topological polar surface area (TPSA) is 81.0 Å². The number of aromatic nitrogens is 2. The second-order valence-electron chi connectivity index (χ2n) is 4.87. The molecule has 0 saturated heterocycles. The molecule has 0 aliphatic heterocycles. The van der Waals surface area contributed by atoms with E-state index < -0.39 is 4.92 Å². The number of nitro benzene ring substituents is 1. The smallest absolute Gasteiger partial charge is 0.270 e. The van der Waals surface area contributed by atoms with Gasteiger partial charge in [0.05, 0.1) is 15.4 Å². The summed E-state index contributed by atoms with van der Waals surface area (Å²) in [4.78, 5) is 20.3. The highest BCUT2D eigenvalue weighted by molar-refractivity contribution is 7.11. The zero-order chi connectivity index (χ0) is 15.5. The summed E-state index contributed by atoms with van der Waals surface area (Å²) >= 11 is 1.69. The molecular formula is C15H14N4O2S. The van der Waals surface area contributed by atoms with Gasteiger partial charge >= 0.3 is 0 Å². The highest BCUT2D eigenvalue weighted by Gasteiger charge is 2.07. The minimum Gasteiger partial charge on any atom is -0.370 e. The van der Waals surface area contributed by atoms with Crippen LogP contribution in [-0.2, 0) is 6.42 Å². The lowest BCUT2D eigenvalue weighted by atomic mass is 10.2. The van der Waals surface area contributed by atoms with Gasteiger partial charge in [-0.15, -0.1) is 11.3 Å². The number of nitro groups is 1. The van der Waals surface area contributed by atoms with Crippen LogP contribution in [0.3, 0.4) is 0 Å². The lowest BCUT2D eigenvalue weighted by molar-refractivity contribution is -0.384. The standard InChI is InChI=1S/C15H14N4O2S/c1-10-9-17-15(22-10)6-7-16-14-5-2-11-8-12(19(20)21)3-4-13(11)18-14/h2-5,8-9H,6-7H2,1H3,(H,16,18). The Hall–Kier alpha value is -2.54. The van der Waals surface area contributed by atoms with E-state index in [2.05, 4.69) is 15.3 Å². The van der Waals surface area contributed by atoms with Gasteiger partial charge < -0.3 is 5.32 Å². The van der Waals surface area contributed by atoms with Crippen LogP contribution in [0.2, 0.25) is 0 Å². The highest BCUT2D eigenvalue weighted by atomic mass is 32.1. The summed E-state index contributed by atoms with van der Waals surface area (Å²) in [5, 5.41) is 15.9. The van der Waals surface area contributed by atoms with Crippen LogP contribution in [0.5, 0.6) is 0 Å². The van der Waals surface area contributed by atoms with Crippen molar-refractivity contribution in [1.29, 1.82) is 0 Å². The number of benzene rings is 1. The SMILES string of the molecule is Cc1cnc(CCNc2ccc3cc([N+](=O)[O-])ccc3n2)s1. The molecule has 0 unspecified atom stereocenters. The number of hydrogen-bond donors (Lipinski definition) is 1. The third-order valence-corrected chi connectivity index (χ3v) is 4.17. The van der Waals surface area contributed by atoms with Gasteiger partial charge in [0, 0.05) is 41.6 Å². The van der Waals surface area contributed by atoms with E-state index in [4.69, 9.17) is 0 Å². The van der Waals surface area contributed by atoms with Crippen molar-refractivity contribution in [2.24, 2.45) is 0 Å². The van der Waals surface area contributed by atoms with Crippen molar-refractivity contribution < 1.29 is 4.92 Å². The Kier molecular flexibility index (Phi) is 3.97. The van der Waals surface area contributed by atoms with Crippen LogP contribution >= 0.6 is 11.3 Å². The summed E-state index contributed by atoms with van der Waals surface area (Å²) in [6.45, 7) is 2.79. The van der Waals surface area contributed by atoms with Gasteiger partial charge in [-0.25, -0.2) is 9.97 Å². The van der Waals surface area contributed by atoms with Crippen LogP contribution in [0.15, 0.2) is 36.5 Å². The van der Waals surface area contributed by atoms with E-state index in [0.29, 0.717) is 0 Å². The Morgan fingerprint density at radius 2 is 2.18 bits per heavy atom. The maximum Gasteiger partial charge on any atom is 0.270 e.